The Balaban J connectivity index is 1.79. The Hall–Kier alpha value is -2.57. The lowest BCUT2D eigenvalue weighted by Gasteiger charge is -2.14. The highest BCUT2D eigenvalue weighted by Gasteiger charge is 2.18. The number of anilines is 1. The first-order valence-electron chi connectivity index (χ1n) is 7.65. The first-order chi connectivity index (χ1) is 12.3. The molecule has 0 aliphatic carbocycles. The molecular weight excluding hydrogens is 379 g/mol. The van der Waals surface area contributed by atoms with Gasteiger partial charge < -0.3 is 15.4 Å². The van der Waals surface area contributed by atoms with E-state index in [9.17, 15) is 14.4 Å². The molecule has 0 saturated heterocycles. The van der Waals surface area contributed by atoms with Crippen molar-refractivity contribution in [2.45, 2.75) is 13.0 Å². The molecule has 6 nitrogen and oxygen atoms in total. The van der Waals surface area contributed by atoms with Gasteiger partial charge in [0.25, 0.3) is 11.8 Å². The third kappa shape index (κ3) is 6.06. The van der Waals surface area contributed by atoms with Crippen molar-refractivity contribution in [1.29, 1.82) is 0 Å². The number of hydrogen-bond donors (Lipinski definition) is 2. The summed E-state index contributed by atoms with van der Waals surface area (Å²) in [4.78, 5) is 35.7. The van der Waals surface area contributed by atoms with E-state index in [0.717, 1.165) is 0 Å². The summed E-state index contributed by atoms with van der Waals surface area (Å²) < 4.78 is 5.00. The predicted molar refractivity (Wildman–Crippen MR) is 99.4 cm³/mol. The van der Waals surface area contributed by atoms with E-state index in [1.165, 1.54) is 19.1 Å². The Labute approximate surface area is 160 Å². The maximum Gasteiger partial charge on any atom is 0.326 e. The second-order valence-electron chi connectivity index (χ2n) is 5.32. The zero-order valence-electron chi connectivity index (χ0n) is 13.8. The molecule has 0 bridgehead atoms. The molecule has 0 aliphatic heterocycles. The van der Waals surface area contributed by atoms with Crippen LogP contribution in [0.3, 0.4) is 0 Å². The van der Waals surface area contributed by atoms with Gasteiger partial charge in [-0.25, -0.2) is 0 Å². The largest absolute Gasteiger partial charge is 0.451 e. The third-order valence-electron chi connectivity index (χ3n) is 3.29. The van der Waals surface area contributed by atoms with E-state index in [1.807, 2.05) is 0 Å². The summed E-state index contributed by atoms with van der Waals surface area (Å²) in [5.74, 6) is -1.67. The predicted octanol–water partition coefficient (Wildman–Crippen LogP) is 3.29. The van der Waals surface area contributed by atoms with Gasteiger partial charge in [0.05, 0.1) is 0 Å². The minimum atomic E-state index is -1.02. The average molecular weight is 395 g/mol. The van der Waals surface area contributed by atoms with Crippen LogP contribution in [0, 0.1) is 0 Å². The summed E-state index contributed by atoms with van der Waals surface area (Å²) in [5, 5.41) is 6.05. The highest BCUT2D eigenvalue weighted by Crippen LogP contribution is 2.14. The fourth-order valence-corrected chi connectivity index (χ4v) is 2.18. The van der Waals surface area contributed by atoms with Gasteiger partial charge in [-0.2, -0.15) is 0 Å². The number of nitrogens with one attached hydrogen (secondary N) is 2. The van der Waals surface area contributed by atoms with Gasteiger partial charge in [0.2, 0.25) is 0 Å². The molecule has 2 amide bonds. The van der Waals surface area contributed by atoms with Crippen LogP contribution in [0.1, 0.15) is 17.3 Å². The van der Waals surface area contributed by atoms with Gasteiger partial charge in [0.15, 0.2) is 6.10 Å². The zero-order valence-corrected chi connectivity index (χ0v) is 15.3. The van der Waals surface area contributed by atoms with E-state index in [2.05, 4.69) is 10.6 Å². The highest BCUT2D eigenvalue weighted by molar-refractivity contribution is 6.31. The molecule has 2 aromatic rings. The Morgan fingerprint density at radius 2 is 1.50 bits per heavy atom. The molecule has 26 heavy (non-hydrogen) atoms. The molecule has 1 atom stereocenters. The van der Waals surface area contributed by atoms with Gasteiger partial charge in [-0.15, -0.1) is 0 Å². The summed E-state index contributed by atoms with van der Waals surface area (Å²) in [5.41, 5.74) is 0.883. The van der Waals surface area contributed by atoms with Crippen molar-refractivity contribution in [1.82, 2.24) is 5.32 Å². The number of ether oxygens (including phenoxy) is 1. The number of benzene rings is 2. The standard InChI is InChI=1S/C18H16Cl2N2O4/c1-11(17(24)22-15-8-6-14(20)7-9-15)26-16(23)10-21-18(25)12-2-4-13(19)5-3-12/h2-9,11H,10H2,1H3,(H,21,25)(H,22,24)/t11-/m1/s1. The van der Waals surface area contributed by atoms with Crippen LogP contribution in [0.2, 0.25) is 10.0 Å². The van der Waals surface area contributed by atoms with E-state index < -0.39 is 23.9 Å². The highest BCUT2D eigenvalue weighted by atomic mass is 35.5. The number of hydrogen-bond acceptors (Lipinski definition) is 4. The topological polar surface area (TPSA) is 84.5 Å². The van der Waals surface area contributed by atoms with Crippen LogP contribution in [-0.4, -0.2) is 30.4 Å². The van der Waals surface area contributed by atoms with Gasteiger partial charge in [-0.05, 0) is 55.5 Å². The Bertz CT molecular complexity index is 792. The molecule has 2 N–H and O–H groups in total. The molecule has 0 aliphatic rings. The van der Waals surface area contributed by atoms with E-state index in [0.29, 0.717) is 21.3 Å². The number of rotatable bonds is 6. The van der Waals surface area contributed by atoms with Crippen LogP contribution >= 0.6 is 23.2 Å². The molecule has 0 heterocycles. The van der Waals surface area contributed by atoms with E-state index in [-0.39, 0.29) is 6.54 Å². The minimum absolute atomic E-state index is 0.357. The molecule has 136 valence electrons. The minimum Gasteiger partial charge on any atom is -0.451 e. The van der Waals surface area contributed by atoms with Gasteiger partial charge in [-0.1, -0.05) is 23.2 Å². The lowest BCUT2D eigenvalue weighted by atomic mass is 10.2. The summed E-state index contributed by atoms with van der Waals surface area (Å²) >= 11 is 11.5. The lowest BCUT2D eigenvalue weighted by molar-refractivity contribution is -0.152. The number of carbonyl (C=O) groups is 3. The van der Waals surface area contributed by atoms with E-state index in [1.54, 1.807) is 36.4 Å². The fraction of sp³-hybridized carbons (Fsp3) is 0.167. The van der Waals surface area contributed by atoms with Crippen LogP contribution in [0.15, 0.2) is 48.5 Å². The van der Waals surface area contributed by atoms with Crippen molar-refractivity contribution < 1.29 is 19.1 Å². The number of halogens is 2. The Morgan fingerprint density at radius 1 is 0.962 bits per heavy atom. The summed E-state index contributed by atoms with van der Waals surface area (Å²) in [6, 6.07) is 12.7. The fourth-order valence-electron chi connectivity index (χ4n) is 1.93. The van der Waals surface area contributed by atoms with Gasteiger partial charge in [-0.3, -0.25) is 14.4 Å². The van der Waals surface area contributed by atoms with Crippen LogP contribution < -0.4 is 10.6 Å². The molecular formula is C18H16Cl2N2O4. The van der Waals surface area contributed by atoms with Crippen molar-refractivity contribution in [2.24, 2.45) is 0 Å². The van der Waals surface area contributed by atoms with Gasteiger partial charge in [0.1, 0.15) is 6.54 Å². The first kappa shape index (κ1) is 19.8. The van der Waals surface area contributed by atoms with Crippen molar-refractivity contribution in [2.75, 3.05) is 11.9 Å². The van der Waals surface area contributed by atoms with Crippen molar-refractivity contribution >= 4 is 46.7 Å². The molecule has 2 rings (SSSR count). The molecule has 2 aromatic carbocycles. The molecule has 8 heteroatoms. The second-order valence-corrected chi connectivity index (χ2v) is 6.19. The number of esters is 1. The maximum absolute atomic E-state index is 12.0. The van der Waals surface area contributed by atoms with Crippen LogP contribution in [0.25, 0.3) is 0 Å². The third-order valence-corrected chi connectivity index (χ3v) is 3.79. The summed E-state index contributed by atoms with van der Waals surface area (Å²) in [7, 11) is 0. The zero-order chi connectivity index (χ0) is 19.1. The molecule has 0 spiro atoms. The Kier molecular flexibility index (Phi) is 7.00. The van der Waals surface area contributed by atoms with Crippen LogP contribution in [0.5, 0.6) is 0 Å². The quantitative estimate of drug-likeness (QED) is 0.736. The van der Waals surface area contributed by atoms with Crippen molar-refractivity contribution in [3.63, 3.8) is 0 Å². The normalized spacial score (nSPS) is 11.3. The molecule has 0 radical (unpaired) electrons. The molecule has 0 aromatic heterocycles. The summed E-state index contributed by atoms with van der Waals surface area (Å²) in [6.45, 7) is 1.07. The smallest absolute Gasteiger partial charge is 0.326 e. The van der Waals surface area contributed by atoms with E-state index >= 15 is 0 Å². The number of carbonyl (C=O) groups excluding carboxylic acids is 3. The SMILES string of the molecule is C[C@@H](OC(=O)CNC(=O)c1ccc(Cl)cc1)C(=O)Nc1ccc(Cl)cc1. The monoisotopic (exact) mass is 394 g/mol. The van der Waals surface area contributed by atoms with Crippen LogP contribution in [0.4, 0.5) is 5.69 Å². The Morgan fingerprint density at radius 3 is 2.08 bits per heavy atom. The average Bonchev–Trinajstić information content (AvgIpc) is 2.62. The van der Waals surface area contributed by atoms with Gasteiger partial charge in [0, 0.05) is 21.3 Å². The maximum atomic E-state index is 12.0. The lowest BCUT2D eigenvalue weighted by Crippen LogP contribution is -2.35. The molecule has 0 fully saturated rings. The van der Waals surface area contributed by atoms with Crippen molar-refractivity contribution in [3.8, 4) is 0 Å². The molecule has 0 unspecified atom stereocenters. The van der Waals surface area contributed by atoms with Gasteiger partial charge >= 0.3 is 5.97 Å². The van der Waals surface area contributed by atoms with Crippen molar-refractivity contribution in [3.05, 3.63) is 64.1 Å². The molecule has 0 saturated carbocycles. The van der Waals surface area contributed by atoms with Crippen LogP contribution in [-0.2, 0) is 14.3 Å². The number of amides is 2. The first-order valence-corrected chi connectivity index (χ1v) is 8.40. The second kappa shape index (κ2) is 9.22. The summed E-state index contributed by atoms with van der Waals surface area (Å²) in [6.07, 6.45) is -1.02. The van der Waals surface area contributed by atoms with E-state index in [4.69, 9.17) is 27.9 Å².